The molecular weight excluding hydrogens is 284 g/mol. The number of rotatable bonds is 3. The van der Waals surface area contributed by atoms with Crippen molar-refractivity contribution in [3.05, 3.63) is 23.8 Å². The zero-order valence-electron chi connectivity index (χ0n) is 12.6. The van der Waals surface area contributed by atoms with Crippen molar-refractivity contribution in [2.45, 2.75) is 56.4 Å². The lowest BCUT2D eigenvalue weighted by molar-refractivity contribution is 0.327. The first kappa shape index (κ1) is 14.9. The topological polar surface area (TPSA) is 58.2 Å². The lowest BCUT2D eigenvalue weighted by atomic mass is 9.88. The van der Waals surface area contributed by atoms with Crippen LogP contribution >= 0.6 is 0 Å². The van der Waals surface area contributed by atoms with Gasteiger partial charge in [0.2, 0.25) is 10.0 Å². The molecule has 1 aromatic rings. The standard InChI is InChI=1S/C16H24N2O2S/c1-12-4-2-6-14(10-12)18-21(19,20)15-8-7-13-5-3-9-17-16(13)11-15/h7-8,11-12,14,17-18H,2-6,9-10H2,1H3. The summed E-state index contributed by atoms with van der Waals surface area (Å²) in [5, 5.41) is 3.29. The van der Waals surface area contributed by atoms with Gasteiger partial charge in [-0.05, 0) is 49.3 Å². The molecule has 1 aliphatic heterocycles. The van der Waals surface area contributed by atoms with Gasteiger partial charge in [0, 0.05) is 18.3 Å². The van der Waals surface area contributed by atoms with E-state index in [1.807, 2.05) is 6.07 Å². The highest BCUT2D eigenvalue weighted by atomic mass is 32.2. The smallest absolute Gasteiger partial charge is 0.240 e. The average molecular weight is 308 g/mol. The molecule has 1 saturated carbocycles. The van der Waals surface area contributed by atoms with Gasteiger partial charge in [0.05, 0.1) is 4.90 Å². The van der Waals surface area contributed by atoms with Crippen LogP contribution in [0.5, 0.6) is 0 Å². The van der Waals surface area contributed by atoms with E-state index in [1.165, 1.54) is 12.0 Å². The van der Waals surface area contributed by atoms with Gasteiger partial charge in [-0.1, -0.05) is 25.8 Å². The van der Waals surface area contributed by atoms with E-state index in [4.69, 9.17) is 0 Å². The second-order valence-corrected chi connectivity index (χ2v) is 8.15. The minimum Gasteiger partial charge on any atom is -0.385 e. The van der Waals surface area contributed by atoms with Crippen LogP contribution in [0.1, 0.15) is 44.6 Å². The maximum Gasteiger partial charge on any atom is 0.240 e. The van der Waals surface area contributed by atoms with E-state index in [0.29, 0.717) is 10.8 Å². The number of nitrogens with one attached hydrogen (secondary N) is 2. The molecule has 2 unspecified atom stereocenters. The summed E-state index contributed by atoms with van der Waals surface area (Å²) >= 11 is 0. The van der Waals surface area contributed by atoms with Crippen molar-refractivity contribution < 1.29 is 8.42 Å². The molecule has 0 saturated heterocycles. The fourth-order valence-electron chi connectivity index (χ4n) is 3.44. The van der Waals surface area contributed by atoms with Gasteiger partial charge >= 0.3 is 0 Å². The molecule has 1 aromatic carbocycles. The average Bonchev–Trinajstić information content (AvgIpc) is 2.46. The lowest BCUT2D eigenvalue weighted by Gasteiger charge is -2.27. The van der Waals surface area contributed by atoms with Crippen molar-refractivity contribution in [3.63, 3.8) is 0 Å². The molecule has 2 N–H and O–H groups in total. The van der Waals surface area contributed by atoms with Crippen LogP contribution in [0.4, 0.5) is 5.69 Å². The van der Waals surface area contributed by atoms with Crippen molar-refractivity contribution >= 4 is 15.7 Å². The summed E-state index contributed by atoms with van der Waals surface area (Å²) in [6.45, 7) is 3.12. The number of sulfonamides is 1. The lowest BCUT2D eigenvalue weighted by Crippen LogP contribution is -2.38. The predicted molar refractivity (Wildman–Crippen MR) is 85.0 cm³/mol. The fourth-order valence-corrected chi connectivity index (χ4v) is 4.74. The zero-order chi connectivity index (χ0) is 14.9. The first-order valence-corrected chi connectivity index (χ1v) is 9.42. The van der Waals surface area contributed by atoms with Gasteiger partial charge in [0.1, 0.15) is 0 Å². The van der Waals surface area contributed by atoms with Crippen LogP contribution in [0.15, 0.2) is 23.1 Å². The largest absolute Gasteiger partial charge is 0.385 e. The minimum absolute atomic E-state index is 0.0859. The Morgan fingerprint density at radius 1 is 1.24 bits per heavy atom. The molecule has 2 atom stereocenters. The predicted octanol–water partition coefficient (Wildman–Crippen LogP) is 2.90. The van der Waals surface area contributed by atoms with Gasteiger partial charge in [-0.15, -0.1) is 0 Å². The summed E-state index contributed by atoms with van der Waals surface area (Å²) in [6.07, 6.45) is 6.35. The molecule has 4 nitrogen and oxygen atoms in total. The van der Waals surface area contributed by atoms with E-state index in [2.05, 4.69) is 17.0 Å². The molecule has 1 fully saturated rings. The first-order chi connectivity index (χ1) is 10.0. The number of hydrogen-bond acceptors (Lipinski definition) is 3. The molecule has 0 amide bonds. The maximum atomic E-state index is 12.6. The molecule has 21 heavy (non-hydrogen) atoms. The third-order valence-electron chi connectivity index (χ3n) is 4.59. The molecule has 0 radical (unpaired) electrons. The number of anilines is 1. The molecule has 3 rings (SSSR count). The van der Waals surface area contributed by atoms with Gasteiger partial charge in [-0.25, -0.2) is 13.1 Å². The number of hydrogen-bond donors (Lipinski definition) is 2. The number of fused-ring (bicyclic) bond motifs is 1. The highest BCUT2D eigenvalue weighted by Crippen LogP contribution is 2.27. The molecule has 1 heterocycles. The Hall–Kier alpha value is -1.07. The van der Waals surface area contributed by atoms with E-state index in [-0.39, 0.29) is 6.04 Å². The van der Waals surface area contributed by atoms with Crippen LogP contribution in [0.3, 0.4) is 0 Å². The van der Waals surface area contributed by atoms with E-state index in [0.717, 1.165) is 44.3 Å². The van der Waals surface area contributed by atoms with E-state index in [9.17, 15) is 8.42 Å². The second kappa shape index (κ2) is 5.97. The Kier molecular flexibility index (Phi) is 4.22. The van der Waals surface area contributed by atoms with Gasteiger partial charge in [0.15, 0.2) is 0 Å². The van der Waals surface area contributed by atoms with Crippen LogP contribution < -0.4 is 10.0 Å². The Morgan fingerprint density at radius 2 is 2.10 bits per heavy atom. The summed E-state index contributed by atoms with van der Waals surface area (Å²) in [6, 6.07) is 5.55. The molecule has 2 aliphatic rings. The number of benzene rings is 1. The monoisotopic (exact) mass is 308 g/mol. The molecule has 0 bridgehead atoms. The Labute approximate surface area is 127 Å². The molecule has 116 valence electrons. The SMILES string of the molecule is CC1CCCC(NS(=O)(=O)c2ccc3c(c2)NCCC3)C1. The van der Waals surface area contributed by atoms with Gasteiger partial charge in [0.25, 0.3) is 0 Å². The summed E-state index contributed by atoms with van der Waals surface area (Å²) in [7, 11) is -3.41. The van der Waals surface area contributed by atoms with Crippen molar-refractivity contribution in [1.82, 2.24) is 4.72 Å². The van der Waals surface area contributed by atoms with Crippen molar-refractivity contribution in [2.75, 3.05) is 11.9 Å². The summed E-state index contributed by atoms with van der Waals surface area (Å²) in [5.41, 5.74) is 2.19. The Balaban J connectivity index is 1.78. The Morgan fingerprint density at radius 3 is 2.90 bits per heavy atom. The zero-order valence-corrected chi connectivity index (χ0v) is 13.4. The number of aryl methyl sites for hydroxylation is 1. The first-order valence-electron chi connectivity index (χ1n) is 7.94. The van der Waals surface area contributed by atoms with E-state index < -0.39 is 10.0 Å². The summed E-state index contributed by atoms with van der Waals surface area (Å²) in [4.78, 5) is 0.383. The van der Waals surface area contributed by atoms with Gasteiger partial charge in [-0.3, -0.25) is 0 Å². The Bertz CT molecular complexity index is 613. The fraction of sp³-hybridized carbons (Fsp3) is 0.625. The van der Waals surface area contributed by atoms with E-state index in [1.54, 1.807) is 12.1 Å². The van der Waals surface area contributed by atoms with Gasteiger partial charge < -0.3 is 5.32 Å². The van der Waals surface area contributed by atoms with Crippen molar-refractivity contribution in [1.29, 1.82) is 0 Å². The highest BCUT2D eigenvalue weighted by Gasteiger charge is 2.25. The second-order valence-electron chi connectivity index (χ2n) is 6.44. The third kappa shape index (κ3) is 3.40. The molecular formula is C16H24N2O2S. The molecule has 0 spiro atoms. The van der Waals surface area contributed by atoms with Crippen LogP contribution in [0, 0.1) is 5.92 Å². The minimum atomic E-state index is -3.41. The van der Waals surface area contributed by atoms with Crippen LogP contribution in [-0.2, 0) is 16.4 Å². The molecule has 5 heteroatoms. The third-order valence-corrected chi connectivity index (χ3v) is 6.11. The summed E-state index contributed by atoms with van der Waals surface area (Å²) in [5.74, 6) is 0.608. The highest BCUT2D eigenvalue weighted by molar-refractivity contribution is 7.89. The molecule has 1 aliphatic carbocycles. The van der Waals surface area contributed by atoms with Crippen molar-refractivity contribution in [3.8, 4) is 0 Å². The van der Waals surface area contributed by atoms with Crippen LogP contribution in [-0.4, -0.2) is 21.0 Å². The van der Waals surface area contributed by atoms with E-state index >= 15 is 0 Å². The molecule has 0 aromatic heterocycles. The van der Waals surface area contributed by atoms with Crippen LogP contribution in [0.25, 0.3) is 0 Å². The van der Waals surface area contributed by atoms with Crippen molar-refractivity contribution in [2.24, 2.45) is 5.92 Å². The normalized spacial score (nSPS) is 26.0. The quantitative estimate of drug-likeness (QED) is 0.902. The maximum absolute atomic E-state index is 12.6. The van der Waals surface area contributed by atoms with Crippen LogP contribution in [0.2, 0.25) is 0 Å². The van der Waals surface area contributed by atoms with Gasteiger partial charge in [-0.2, -0.15) is 0 Å². The summed E-state index contributed by atoms with van der Waals surface area (Å²) < 4.78 is 28.0.